The van der Waals surface area contributed by atoms with Crippen LogP contribution in [0, 0.1) is 6.92 Å². The molecule has 1 aromatic carbocycles. The van der Waals surface area contributed by atoms with Crippen LogP contribution < -0.4 is 5.73 Å². The molecule has 4 heteroatoms. The maximum atomic E-state index is 5.68. The maximum Gasteiger partial charge on any atom is 0.156 e. The van der Waals surface area contributed by atoms with Gasteiger partial charge in [0.15, 0.2) is 5.76 Å². The first-order chi connectivity index (χ1) is 8.76. The van der Waals surface area contributed by atoms with Crippen molar-refractivity contribution >= 4 is 10.9 Å². The zero-order chi connectivity index (χ0) is 12.5. The van der Waals surface area contributed by atoms with Gasteiger partial charge in [-0.3, -0.25) is 0 Å². The van der Waals surface area contributed by atoms with Gasteiger partial charge in [0.05, 0.1) is 12.2 Å². The third-order valence-electron chi connectivity index (χ3n) is 3.08. The smallest absolute Gasteiger partial charge is 0.156 e. The first-order valence-corrected chi connectivity index (χ1v) is 5.96. The number of aromatic nitrogens is 2. The summed E-state index contributed by atoms with van der Waals surface area (Å²) >= 11 is 0. The molecule has 2 aromatic heterocycles. The highest BCUT2D eigenvalue weighted by molar-refractivity contribution is 5.80. The molecule has 0 atom stereocenters. The van der Waals surface area contributed by atoms with Crippen LogP contribution in [-0.4, -0.2) is 9.72 Å². The van der Waals surface area contributed by atoms with E-state index in [0.717, 1.165) is 17.0 Å². The molecule has 0 saturated carbocycles. The van der Waals surface area contributed by atoms with Gasteiger partial charge in [0.2, 0.25) is 0 Å². The van der Waals surface area contributed by atoms with E-state index in [-0.39, 0.29) is 0 Å². The van der Waals surface area contributed by atoms with Crippen molar-refractivity contribution in [2.75, 3.05) is 0 Å². The molecule has 2 heterocycles. The Bertz CT molecular complexity index is 681. The van der Waals surface area contributed by atoms with E-state index < -0.39 is 0 Å². The molecule has 0 spiro atoms. The predicted molar refractivity (Wildman–Crippen MR) is 70.2 cm³/mol. The molecular weight excluding hydrogens is 226 g/mol. The average Bonchev–Trinajstić information content (AvgIpc) is 2.96. The summed E-state index contributed by atoms with van der Waals surface area (Å²) in [6.45, 7) is 3.17. The Morgan fingerprint density at radius 2 is 2.17 bits per heavy atom. The average molecular weight is 241 g/mol. The molecular formula is C14H15N3O. The van der Waals surface area contributed by atoms with E-state index >= 15 is 0 Å². The van der Waals surface area contributed by atoms with E-state index in [4.69, 9.17) is 10.3 Å². The monoisotopic (exact) mass is 241 g/mol. The molecule has 92 valence electrons. The number of rotatable bonds is 3. The number of fused-ring (bicyclic) bond motifs is 1. The zero-order valence-electron chi connectivity index (χ0n) is 10.3. The quantitative estimate of drug-likeness (QED) is 0.766. The van der Waals surface area contributed by atoms with E-state index in [1.165, 1.54) is 10.9 Å². The van der Waals surface area contributed by atoms with E-state index in [1.54, 1.807) is 0 Å². The van der Waals surface area contributed by atoms with Gasteiger partial charge in [0, 0.05) is 24.3 Å². The van der Waals surface area contributed by atoms with Crippen molar-refractivity contribution in [3.05, 3.63) is 53.5 Å². The minimum atomic E-state index is 0.558. The molecule has 0 bridgehead atoms. The predicted octanol–water partition coefficient (Wildman–Crippen LogP) is 2.44. The summed E-state index contributed by atoms with van der Waals surface area (Å²) in [6, 6.07) is 10.3. The van der Waals surface area contributed by atoms with Crippen LogP contribution in [0.3, 0.4) is 0 Å². The second-order valence-corrected chi connectivity index (χ2v) is 4.48. The molecule has 4 nitrogen and oxygen atoms in total. The first kappa shape index (κ1) is 11.0. The van der Waals surface area contributed by atoms with Crippen LogP contribution in [-0.2, 0) is 13.1 Å². The zero-order valence-corrected chi connectivity index (χ0v) is 10.3. The lowest BCUT2D eigenvalue weighted by Crippen LogP contribution is -1.99. The number of benzene rings is 1. The Kier molecular flexibility index (Phi) is 2.64. The molecule has 0 fully saturated rings. The minimum absolute atomic E-state index is 0.558. The molecule has 0 amide bonds. The highest BCUT2D eigenvalue weighted by atomic mass is 16.5. The van der Waals surface area contributed by atoms with Crippen LogP contribution in [0.15, 0.2) is 41.1 Å². The lowest BCUT2D eigenvalue weighted by Gasteiger charge is -2.03. The van der Waals surface area contributed by atoms with Crippen LogP contribution in [0.5, 0.6) is 0 Å². The molecule has 2 N–H and O–H groups in total. The Morgan fingerprint density at radius 3 is 2.89 bits per heavy atom. The van der Waals surface area contributed by atoms with E-state index in [1.807, 2.05) is 13.0 Å². The number of aryl methyl sites for hydroxylation is 1. The van der Waals surface area contributed by atoms with Gasteiger partial charge < -0.3 is 14.8 Å². The SMILES string of the molecule is Cc1cc(Cn2ccc3ccc(CN)cc32)on1. The lowest BCUT2D eigenvalue weighted by molar-refractivity contribution is 0.374. The summed E-state index contributed by atoms with van der Waals surface area (Å²) in [4.78, 5) is 0. The van der Waals surface area contributed by atoms with Crippen LogP contribution in [0.2, 0.25) is 0 Å². The fourth-order valence-electron chi connectivity index (χ4n) is 2.15. The maximum absolute atomic E-state index is 5.68. The van der Waals surface area contributed by atoms with E-state index in [2.05, 4.69) is 40.2 Å². The Hall–Kier alpha value is -2.07. The number of nitrogens with zero attached hydrogens (tertiary/aromatic N) is 2. The number of hydrogen-bond donors (Lipinski definition) is 1. The third kappa shape index (κ3) is 1.91. The van der Waals surface area contributed by atoms with Gasteiger partial charge in [-0.1, -0.05) is 17.3 Å². The summed E-state index contributed by atoms with van der Waals surface area (Å²) in [5.74, 6) is 0.864. The Balaban J connectivity index is 2.01. The molecule has 18 heavy (non-hydrogen) atoms. The topological polar surface area (TPSA) is 57.0 Å². The van der Waals surface area contributed by atoms with Gasteiger partial charge in [-0.2, -0.15) is 0 Å². The molecule has 0 aliphatic rings. The highest BCUT2D eigenvalue weighted by Gasteiger charge is 2.06. The van der Waals surface area contributed by atoms with E-state index in [0.29, 0.717) is 13.1 Å². The van der Waals surface area contributed by atoms with Gasteiger partial charge in [-0.25, -0.2) is 0 Å². The number of nitrogens with two attached hydrogens (primary N) is 1. The lowest BCUT2D eigenvalue weighted by atomic mass is 10.1. The van der Waals surface area contributed by atoms with Crippen molar-refractivity contribution in [2.45, 2.75) is 20.0 Å². The fraction of sp³-hybridized carbons (Fsp3) is 0.214. The van der Waals surface area contributed by atoms with Crippen molar-refractivity contribution in [1.29, 1.82) is 0 Å². The Morgan fingerprint density at radius 1 is 1.28 bits per heavy atom. The molecule has 3 rings (SSSR count). The fourth-order valence-corrected chi connectivity index (χ4v) is 2.15. The van der Waals surface area contributed by atoms with Crippen LogP contribution in [0.4, 0.5) is 0 Å². The van der Waals surface area contributed by atoms with Crippen LogP contribution >= 0.6 is 0 Å². The standard InChI is InChI=1S/C14H15N3O/c1-10-6-13(18-16-10)9-17-5-4-12-3-2-11(8-15)7-14(12)17/h2-7H,8-9,15H2,1H3. The van der Waals surface area contributed by atoms with Crippen molar-refractivity contribution in [2.24, 2.45) is 5.73 Å². The summed E-state index contributed by atoms with van der Waals surface area (Å²) in [5.41, 5.74) is 8.89. The molecule has 0 aliphatic heterocycles. The third-order valence-corrected chi connectivity index (χ3v) is 3.08. The number of hydrogen-bond acceptors (Lipinski definition) is 3. The van der Waals surface area contributed by atoms with Gasteiger partial charge in [-0.15, -0.1) is 0 Å². The summed E-state index contributed by atoms with van der Waals surface area (Å²) in [7, 11) is 0. The minimum Gasteiger partial charge on any atom is -0.359 e. The second kappa shape index (κ2) is 4.31. The van der Waals surface area contributed by atoms with Crippen molar-refractivity contribution < 1.29 is 4.52 Å². The van der Waals surface area contributed by atoms with Gasteiger partial charge in [-0.05, 0) is 30.0 Å². The van der Waals surface area contributed by atoms with Crippen molar-refractivity contribution in [1.82, 2.24) is 9.72 Å². The first-order valence-electron chi connectivity index (χ1n) is 5.96. The van der Waals surface area contributed by atoms with E-state index in [9.17, 15) is 0 Å². The van der Waals surface area contributed by atoms with Gasteiger partial charge in [0.1, 0.15) is 0 Å². The molecule has 0 radical (unpaired) electrons. The van der Waals surface area contributed by atoms with Gasteiger partial charge >= 0.3 is 0 Å². The highest BCUT2D eigenvalue weighted by Crippen LogP contribution is 2.19. The van der Waals surface area contributed by atoms with Crippen LogP contribution in [0.25, 0.3) is 10.9 Å². The molecule has 0 saturated heterocycles. The van der Waals surface area contributed by atoms with Crippen molar-refractivity contribution in [3.8, 4) is 0 Å². The van der Waals surface area contributed by atoms with Crippen molar-refractivity contribution in [3.63, 3.8) is 0 Å². The molecule has 0 aliphatic carbocycles. The van der Waals surface area contributed by atoms with Crippen LogP contribution in [0.1, 0.15) is 17.0 Å². The summed E-state index contributed by atoms with van der Waals surface area (Å²) in [5, 5.41) is 5.11. The Labute approximate surface area is 105 Å². The second-order valence-electron chi connectivity index (χ2n) is 4.48. The largest absolute Gasteiger partial charge is 0.359 e. The summed E-state index contributed by atoms with van der Waals surface area (Å²) in [6.07, 6.45) is 2.06. The molecule has 3 aromatic rings. The van der Waals surface area contributed by atoms with Gasteiger partial charge in [0.25, 0.3) is 0 Å². The summed E-state index contributed by atoms with van der Waals surface area (Å²) < 4.78 is 7.39. The normalized spacial score (nSPS) is 11.2. The molecule has 0 unspecified atom stereocenters.